The number of amidine groups is 1. The first-order chi connectivity index (χ1) is 14.4. The quantitative estimate of drug-likeness (QED) is 0.627. The number of aliphatic imine (C=N–C) groups is 1. The number of ether oxygens (including phenoxy) is 2. The summed E-state index contributed by atoms with van der Waals surface area (Å²) in [6.45, 7) is 7.02. The number of nitrogens with zero attached hydrogens (tertiary/aromatic N) is 2. The average Bonchev–Trinajstić information content (AvgIpc) is 2.99. The molecule has 0 aromatic heterocycles. The summed E-state index contributed by atoms with van der Waals surface area (Å²) in [6, 6.07) is 12.5. The molecule has 0 bridgehead atoms. The molecule has 3 rings (SSSR count). The molecular weight excluding hydrogens is 400 g/mol. The first-order valence-electron chi connectivity index (χ1n) is 9.81. The van der Waals surface area contributed by atoms with E-state index in [0.29, 0.717) is 34.9 Å². The summed E-state index contributed by atoms with van der Waals surface area (Å²) in [6.07, 6.45) is 1.80. The maximum atomic E-state index is 13.1. The van der Waals surface area contributed by atoms with Crippen LogP contribution in [0.15, 0.2) is 52.4 Å². The third-order valence-corrected chi connectivity index (χ3v) is 5.32. The minimum atomic E-state index is -0.0769. The summed E-state index contributed by atoms with van der Waals surface area (Å²) in [5.41, 5.74) is 1.53. The molecule has 158 valence electrons. The minimum Gasteiger partial charge on any atom is -0.504 e. The number of amides is 1. The maximum absolute atomic E-state index is 13.1. The molecule has 2 aromatic rings. The van der Waals surface area contributed by atoms with Gasteiger partial charge in [-0.15, -0.1) is 0 Å². The van der Waals surface area contributed by atoms with Crippen LogP contribution < -0.4 is 9.47 Å². The van der Waals surface area contributed by atoms with E-state index >= 15 is 0 Å². The zero-order valence-electron chi connectivity index (χ0n) is 17.6. The molecule has 0 atom stereocenters. The summed E-state index contributed by atoms with van der Waals surface area (Å²) in [5.74, 6) is 1.45. The fraction of sp³-hybridized carbons (Fsp3) is 0.304. The average molecular weight is 427 g/mol. The zero-order valence-corrected chi connectivity index (χ0v) is 18.4. The van der Waals surface area contributed by atoms with E-state index in [0.717, 1.165) is 17.0 Å². The second-order valence-corrected chi connectivity index (χ2v) is 8.18. The number of methoxy groups -OCH3 is 1. The highest BCUT2D eigenvalue weighted by Crippen LogP contribution is 2.36. The van der Waals surface area contributed by atoms with Gasteiger partial charge in [0.1, 0.15) is 5.75 Å². The molecule has 0 aliphatic carbocycles. The number of carbonyl (C=O) groups is 1. The van der Waals surface area contributed by atoms with E-state index in [1.807, 2.05) is 31.2 Å². The first kappa shape index (κ1) is 21.8. The smallest absolute Gasteiger partial charge is 0.266 e. The summed E-state index contributed by atoms with van der Waals surface area (Å²) < 4.78 is 10.6. The molecule has 0 unspecified atom stereocenters. The van der Waals surface area contributed by atoms with Crippen molar-refractivity contribution in [3.8, 4) is 17.2 Å². The number of rotatable bonds is 7. The van der Waals surface area contributed by atoms with Crippen molar-refractivity contribution in [2.45, 2.75) is 20.8 Å². The van der Waals surface area contributed by atoms with Crippen molar-refractivity contribution in [2.24, 2.45) is 10.9 Å². The Bertz CT molecular complexity index is 968. The minimum absolute atomic E-state index is 0.0765. The van der Waals surface area contributed by atoms with Crippen molar-refractivity contribution in [2.75, 3.05) is 20.3 Å². The summed E-state index contributed by atoms with van der Waals surface area (Å²) in [7, 11) is 1.62. The highest BCUT2D eigenvalue weighted by molar-refractivity contribution is 8.18. The van der Waals surface area contributed by atoms with Gasteiger partial charge in [0.15, 0.2) is 16.7 Å². The molecule has 1 heterocycles. The molecule has 1 saturated heterocycles. The van der Waals surface area contributed by atoms with Crippen molar-refractivity contribution in [1.82, 2.24) is 4.90 Å². The van der Waals surface area contributed by atoms with Crippen LogP contribution in [0.5, 0.6) is 17.2 Å². The molecule has 1 aliphatic rings. The standard InChI is InChI=1S/C23H26N2O4S/c1-5-29-20-12-16(6-11-19(20)26)13-21-22(27)25(14-15(2)3)23(30-21)24-17-7-9-18(28-4)10-8-17/h6-13,15,26H,5,14H2,1-4H3. The molecule has 0 radical (unpaired) electrons. The van der Waals surface area contributed by atoms with Gasteiger partial charge in [0.05, 0.1) is 24.3 Å². The lowest BCUT2D eigenvalue weighted by Gasteiger charge is -2.17. The first-order valence-corrected chi connectivity index (χ1v) is 10.6. The molecular formula is C23H26N2O4S. The highest BCUT2D eigenvalue weighted by atomic mass is 32.2. The van der Waals surface area contributed by atoms with Crippen LogP contribution in [-0.4, -0.2) is 41.3 Å². The number of benzene rings is 2. The monoisotopic (exact) mass is 426 g/mol. The number of aromatic hydroxyl groups is 1. The Morgan fingerprint density at radius 1 is 1.20 bits per heavy atom. The fourth-order valence-corrected chi connectivity index (χ4v) is 3.94. The summed E-state index contributed by atoms with van der Waals surface area (Å²) in [5, 5.41) is 10.6. The van der Waals surface area contributed by atoms with Crippen LogP contribution in [0.25, 0.3) is 6.08 Å². The predicted molar refractivity (Wildman–Crippen MR) is 121 cm³/mol. The van der Waals surface area contributed by atoms with Gasteiger partial charge in [-0.3, -0.25) is 9.69 Å². The SMILES string of the molecule is CCOc1cc(C=C2SC(=Nc3ccc(OC)cc3)N(CC(C)C)C2=O)ccc1O. The van der Waals surface area contributed by atoms with Gasteiger partial charge in [0, 0.05) is 6.54 Å². The lowest BCUT2D eigenvalue weighted by atomic mass is 10.1. The third kappa shape index (κ3) is 5.16. The summed E-state index contributed by atoms with van der Waals surface area (Å²) >= 11 is 1.34. The Morgan fingerprint density at radius 3 is 2.57 bits per heavy atom. The van der Waals surface area contributed by atoms with E-state index in [-0.39, 0.29) is 11.7 Å². The Morgan fingerprint density at radius 2 is 1.93 bits per heavy atom. The van der Waals surface area contributed by atoms with E-state index in [4.69, 9.17) is 14.5 Å². The van der Waals surface area contributed by atoms with Gasteiger partial charge in [0.25, 0.3) is 5.91 Å². The highest BCUT2D eigenvalue weighted by Gasteiger charge is 2.33. The Balaban J connectivity index is 1.93. The molecule has 2 aromatic carbocycles. The van der Waals surface area contributed by atoms with Crippen molar-refractivity contribution in [3.05, 3.63) is 52.9 Å². The van der Waals surface area contributed by atoms with E-state index in [9.17, 15) is 9.90 Å². The van der Waals surface area contributed by atoms with Crippen LogP contribution in [0.1, 0.15) is 26.3 Å². The molecule has 1 N–H and O–H groups in total. The van der Waals surface area contributed by atoms with E-state index in [2.05, 4.69) is 13.8 Å². The Kier molecular flexibility index (Phi) is 7.05. The molecule has 1 aliphatic heterocycles. The van der Waals surface area contributed by atoms with Crippen LogP contribution in [0.2, 0.25) is 0 Å². The number of phenols is 1. The predicted octanol–water partition coefficient (Wildman–Crippen LogP) is 5.06. The van der Waals surface area contributed by atoms with Gasteiger partial charge in [-0.25, -0.2) is 4.99 Å². The lowest BCUT2D eigenvalue weighted by Crippen LogP contribution is -2.32. The summed E-state index contributed by atoms with van der Waals surface area (Å²) in [4.78, 5) is 20.1. The zero-order chi connectivity index (χ0) is 21.7. The largest absolute Gasteiger partial charge is 0.504 e. The fourth-order valence-electron chi connectivity index (χ4n) is 2.93. The number of phenolic OH excluding ortho intramolecular Hbond substituents is 1. The van der Waals surface area contributed by atoms with Gasteiger partial charge in [-0.1, -0.05) is 19.9 Å². The molecule has 0 spiro atoms. The van der Waals surface area contributed by atoms with Crippen molar-refractivity contribution >= 4 is 34.6 Å². The van der Waals surface area contributed by atoms with E-state index in [1.165, 1.54) is 11.8 Å². The molecule has 1 fully saturated rings. The lowest BCUT2D eigenvalue weighted by molar-refractivity contribution is -0.122. The molecule has 6 nitrogen and oxygen atoms in total. The van der Waals surface area contributed by atoms with Gasteiger partial charge in [-0.2, -0.15) is 0 Å². The van der Waals surface area contributed by atoms with Crippen LogP contribution in [0, 0.1) is 5.92 Å². The number of carbonyl (C=O) groups excluding carboxylic acids is 1. The second kappa shape index (κ2) is 9.71. The van der Waals surface area contributed by atoms with Crippen molar-refractivity contribution < 1.29 is 19.4 Å². The van der Waals surface area contributed by atoms with Gasteiger partial charge in [0.2, 0.25) is 0 Å². The van der Waals surface area contributed by atoms with Crippen molar-refractivity contribution in [1.29, 1.82) is 0 Å². The topological polar surface area (TPSA) is 71.4 Å². The molecule has 7 heteroatoms. The number of hydrogen-bond acceptors (Lipinski definition) is 6. The van der Waals surface area contributed by atoms with Crippen LogP contribution in [0.3, 0.4) is 0 Å². The van der Waals surface area contributed by atoms with Crippen LogP contribution >= 0.6 is 11.8 Å². The Labute approximate surface area is 181 Å². The van der Waals surface area contributed by atoms with Crippen LogP contribution in [-0.2, 0) is 4.79 Å². The van der Waals surface area contributed by atoms with Gasteiger partial charge >= 0.3 is 0 Å². The maximum Gasteiger partial charge on any atom is 0.266 e. The van der Waals surface area contributed by atoms with E-state index < -0.39 is 0 Å². The normalized spacial score (nSPS) is 16.7. The van der Waals surface area contributed by atoms with Gasteiger partial charge in [-0.05, 0) is 72.6 Å². The molecule has 0 saturated carbocycles. The number of hydrogen-bond donors (Lipinski definition) is 1. The Hall–Kier alpha value is -2.93. The van der Waals surface area contributed by atoms with E-state index in [1.54, 1.807) is 36.3 Å². The van der Waals surface area contributed by atoms with Crippen LogP contribution in [0.4, 0.5) is 5.69 Å². The molecule has 1 amide bonds. The third-order valence-electron chi connectivity index (χ3n) is 4.31. The van der Waals surface area contributed by atoms with Crippen molar-refractivity contribution in [3.63, 3.8) is 0 Å². The van der Waals surface area contributed by atoms with Gasteiger partial charge < -0.3 is 14.6 Å². The molecule has 30 heavy (non-hydrogen) atoms. The number of thioether (sulfide) groups is 1. The second-order valence-electron chi connectivity index (χ2n) is 7.17.